The second-order valence-corrected chi connectivity index (χ2v) is 11.3. The van der Waals surface area contributed by atoms with Crippen LogP contribution in [0, 0.1) is 5.82 Å². The van der Waals surface area contributed by atoms with Crippen LogP contribution in [0.25, 0.3) is 32.2 Å². The molecule has 0 unspecified atom stereocenters. The van der Waals surface area contributed by atoms with Gasteiger partial charge in [0.2, 0.25) is 5.95 Å². The number of rotatable bonds is 8. The van der Waals surface area contributed by atoms with Gasteiger partial charge < -0.3 is 20.4 Å². The standard InChI is InChI=1S/C27H33ClFN7S/c1-5-11-35(12-6-2)25-18-14-19(28)21(17-8-7-9-20-23(17)31-26(30)37-20)22(29)24(18)32-27(33-25)36-13-10-16(15-36)34(3)4/h7-9,14,16H,5-6,10-13,15H2,1-4H3,(H2,30,31)/t16-/m1/s1. The molecule has 3 heterocycles. The lowest BCUT2D eigenvalue weighted by Crippen LogP contribution is -2.32. The molecule has 1 aliphatic rings. The molecule has 0 radical (unpaired) electrons. The summed E-state index contributed by atoms with van der Waals surface area (Å²) < 4.78 is 17.4. The number of anilines is 3. The predicted octanol–water partition coefficient (Wildman–Crippen LogP) is 6.05. The third-order valence-corrected chi connectivity index (χ3v) is 8.17. The van der Waals surface area contributed by atoms with Gasteiger partial charge in [0.05, 0.1) is 15.2 Å². The Bertz CT molecular complexity index is 1430. The van der Waals surface area contributed by atoms with Crippen LogP contribution >= 0.6 is 22.9 Å². The quantitative estimate of drug-likeness (QED) is 0.291. The Labute approximate surface area is 226 Å². The maximum absolute atomic E-state index is 16.6. The molecule has 2 aromatic carbocycles. The zero-order valence-corrected chi connectivity index (χ0v) is 23.3. The molecule has 0 spiro atoms. The average molecular weight is 542 g/mol. The van der Waals surface area contributed by atoms with Crippen molar-refractivity contribution in [2.24, 2.45) is 0 Å². The first-order valence-electron chi connectivity index (χ1n) is 12.8. The highest BCUT2D eigenvalue weighted by molar-refractivity contribution is 7.22. The summed E-state index contributed by atoms with van der Waals surface area (Å²) in [7, 11) is 4.18. The van der Waals surface area contributed by atoms with Gasteiger partial charge in [-0.3, -0.25) is 0 Å². The Morgan fingerprint density at radius 1 is 1.14 bits per heavy atom. The molecule has 0 bridgehead atoms. The van der Waals surface area contributed by atoms with E-state index in [1.165, 1.54) is 11.3 Å². The molecule has 1 fully saturated rings. The number of benzene rings is 2. The van der Waals surface area contributed by atoms with Crippen molar-refractivity contribution in [1.82, 2.24) is 19.9 Å². The van der Waals surface area contributed by atoms with Crippen molar-refractivity contribution >= 4 is 61.0 Å². The van der Waals surface area contributed by atoms with Gasteiger partial charge in [-0.05, 0) is 45.5 Å². The summed E-state index contributed by atoms with van der Waals surface area (Å²) in [4.78, 5) is 20.9. The van der Waals surface area contributed by atoms with Gasteiger partial charge in [-0.15, -0.1) is 0 Å². The fraction of sp³-hybridized carbons (Fsp3) is 0.444. The van der Waals surface area contributed by atoms with Gasteiger partial charge in [0.15, 0.2) is 10.9 Å². The third kappa shape index (κ3) is 4.80. The summed E-state index contributed by atoms with van der Waals surface area (Å²) >= 11 is 8.19. The topological polar surface area (TPSA) is 74.4 Å². The number of fused-ring (bicyclic) bond motifs is 2. The van der Waals surface area contributed by atoms with E-state index in [9.17, 15) is 0 Å². The summed E-state index contributed by atoms with van der Waals surface area (Å²) in [5.74, 6) is 0.843. The number of thiazole rings is 1. The van der Waals surface area contributed by atoms with E-state index in [2.05, 4.69) is 47.6 Å². The largest absolute Gasteiger partial charge is 0.375 e. The van der Waals surface area contributed by atoms with E-state index < -0.39 is 5.82 Å². The zero-order valence-electron chi connectivity index (χ0n) is 21.8. The van der Waals surface area contributed by atoms with Crippen LogP contribution in [-0.4, -0.2) is 66.2 Å². The summed E-state index contributed by atoms with van der Waals surface area (Å²) in [6.07, 6.45) is 2.92. The fourth-order valence-corrected chi connectivity index (χ4v) is 6.23. The minimum absolute atomic E-state index is 0.283. The molecule has 10 heteroatoms. The molecule has 0 saturated carbocycles. The molecule has 0 aliphatic carbocycles. The molecule has 2 aromatic heterocycles. The lowest BCUT2D eigenvalue weighted by molar-refractivity contribution is 0.315. The number of para-hydroxylation sites is 1. The van der Waals surface area contributed by atoms with Crippen LogP contribution in [0.4, 0.5) is 21.3 Å². The smallest absolute Gasteiger partial charge is 0.228 e. The summed E-state index contributed by atoms with van der Waals surface area (Å²) in [5, 5.41) is 1.37. The molecular weight excluding hydrogens is 509 g/mol. The number of aromatic nitrogens is 3. The highest BCUT2D eigenvalue weighted by Gasteiger charge is 2.29. The van der Waals surface area contributed by atoms with E-state index in [0.29, 0.717) is 44.2 Å². The van der Waals surface area contributed by atoms with Crippen molar-refractivity contribution in [3.63, 3.8) is 0 Å². The van der Waals surface area contributed by atoms with Gasteiger partial charge in [-0.1, -0.05) is 48.9 Å². The number of halogens is 2. The van der Waals surface area contributed by atoms with Crippen molar-refractivity contribution < 1.29 is 4.39 Å². The predicted molar refractivity (Wildman–Crippen MR) is 155 cm³/mol. The number of nitrogens with two attached hydrogens (primary N) is 1. The fourth-order valence-electron chi connectivity index (χ4n) is 5.17. The molecule has 0 amide bonds. The van der Waals surface area contributed by atoms with Crippen molar-refractivity contribution in [3.8, 4) is 11.1 Å². The van der Waals surface area contributed by atoms with Crippen LogP contribution in [0.3, 0.4) is 0 Å². The van der Waals surface area contributed by atoms with E-state index in [1.807, 2.05) is 24.3 Å². The first-order chi connectivity index (χ1) is 17.8. The zero-order chi connectivity index (χ0) is 26.3. The third-order valence-electron chi connectivity index (χ3n) is 7.02. The molecule has 1 saturated heterocycles. The second-order valence-electron chi connectivity index (χ2n) is 9.83. The highest BCUT2D eigenvalue weighted by Crippen LogP contribution is 2.42. The number of likely N-dealkylation sites (N-methyl/N-ethyl adjacent to an activating group) is 1. The minimum atomic E-state index is -0.456. The van der Waals surface area contributed by atoms with Crippen LogP contribution in [0.5, 0.6) is 0 Å². The minimum Gasteiger partial charge on any atom is -0.375 e. The van der Waals surface area contributed by atoms with Crippen LogP contribution in [0.2, 0.25) is 5.02 Å². The monoisotopic (exact) mass is 541 g/mol. The van der Waals surface area contributed by atoms with Crippen molar-refractivity contribution in [2.75, 3.05) is 55.8 Å². The van der Waals surface area contributed by atoms with Crippen molar-refractivity contribution in [3.05, 3.63) is 35.1 Å². The van der Waals surface area contributed by atoms with Gasteiger partial charge in [-0.25, -0.2) is 14.4 Å². The van der Waals surface area contributed by atoms with E-state index in [0.717, 1.165) is 56.0 Å². The maximum atomic E-state index is 16.6. The molecule has 196 valence electrons. The molecule has 37 heavy (non-hydrogen) atoms. The van der Waals surface area contributed by atoms with E-state index in [4.69, 9.17) is 27.3 Å². The van der Waals surface area contributed by atoms with Gasteiger partial charge in [0, 0.05) is 48.7 Å². The van der Waals surface area contributed by atoms with Crippen LogP contribution < -0.4 is 15.5 Å². The lowest BCUT2D eigenvalue weighted by atomic mass is 10.0. The summed E-state index contributed by atoms with van der Waals surface area (Å²) in [6.45, 7) is 7.55. The van der Waals surface area contributed by atoms with Gasteiger partial charge in [0.25, 0.3) is 0 Å². The average Bonchev–Trinajstić information content (AvgIpc) is 3.50. The Hall–Kier alpha value is -2.75. The van der Waals surface area contributed by atoms with Gasteiger partial charge in [-0.2, -0.15) is 4.98 Å². The lowest BCUT2D eigenvalue weighted by Gasteiger charge is -2.27. The first kappa shape index (κ1) is 25.9. The van der Waals surface area contributed by atoms with Gasteiger partial charge in [0.1, 0.15) is 11.3 Å². The molecule has 4 aromatic rings. The Kier molecular flexibility index (Phi) is 7.38. The summed E-state index contributed by atoms with van der Waals surface area (Å²) in [5.41, 5.74) is 7.82. The van der Waals surface area contributed by atoms with Crippen LogP contribution in [0.15, 0.2) is 24.3 Å². The number of hydrogen-bond acceptors (Lipinski definition) is 8. The van der Waals surface area contributed by atoms with Crippen LogP contribution in [-0.2, 0) is 0 Å². The molecule has 1 atom stereocenters. The normalized spacial score (nSPS) is 16.0. The summed E-state index contributed by atoms with van der Waals surface area (Å²) in [6, 6.07) is 7.86. The van der Waals surface area contributed by atoms with E-state index >= 15 is 4.39 Å². The Balaban J connectivity index is 1.74. The second kappa shape index (κ2) is 10.6. The molecule has 7 nitrogen and oxygen atoms in total. The number of nitrogens with zero attached hydrogens (tertiary/aromatic N) is 6. The molecule has 1 aliphatic heterocycles. The molecule has 5 rings (SSSR count). The number of nitrogen functional groups attached to an aromatic ring is 1. The molecule has 2 N–H and O–H groups in total. The maximum Gasteiger partial charge on any atom is 0.228 e. The Morgan fingerprint density at radius 3 is 2.57 bits per heavy atom. The first-order valence-corrected chi connectivity index (χ1v) is 14.0. The Morgan fingerprint density at radius 2 is 1.89 bits per heavy atom. The van der Waals surface area contributed by atoms with E-state index in [-0.39, 0.29) is 5.52 Å². The van der Waals surface area contributed by atoms with Crippen molar-refractivity contribution in [1.29, 1.82) is 0 Å². The van der Waals surface area contributed by atoms with E-state index in [1.54, 1.807) is 0 Å². The van der Waals surface area contributed by atoms with Gasteiger partial charge >= 0.3 is 0 Å². The highest BCUT2D eigenvalue weighted by atomic mass is 35.5. The van der Waals surface area contributed by atoms with Crippen molar-refractivity contribution in [2.45, 2.75) is 39.2 Å². The SMILES string of the molecule is CCCN(CCC)c1nc(N2CC[C@@H](N(C)C)C2)nc2c(F)c(-c3cccc4sc(N)nc34)c(Cl)cc12. The molecular formula is C27H33ClFN7S. The number of hydrogen-bond donors (Lipinski definition) is 1. The van der Waals surface area contributed by atoms with Crippen LogP contribution in [0.1, 0.15) is 33.1 Å².